The molecule has 2 aromatic rings. The Bertz CT molecular complexity index is 647. The van der Waals surface area contributed by atoms with Gasteiger partial charge in [0.05, 0.1) is 21.3 Å². The van der Waals surface area contributed by atoms with Crippen molar-refractivity contribution in [3.63, 3.8) is 0 Å². The number of carbonyl (C=O) groups excluding carboxylic acids is 1. The van der Waals surface area contributed by atoms with Gasteiger partial charge in [0.1, 0.15) is 5.82 Å². The van der Waals surface area contributed by atoms with E-state index in [1.54, 1.807) is 12.1 Å². The Morgan fingerprint density at radius 2 is 1.89 bits per heavy atom. The van der Waals surface area contributed by atoms with Crippen LogP contribution in [0.3, 0.4) is 0 Å². The van der Waals surface area contributed by atoms with Crippen LogP contribution in [0.25, 0.3) is 0 Å². The van der Waals surface area contributed by atoms with Gasteiger partial charge in [-0.05, 0) is 30.3 Å². The van der Waals surface area contributed by atoms with Crippen LogP contribution in [0.2, 0.25) is 10.0 Å². The van der Waals surface area contributed by atoms with E-state index in [9.17, 15) is 9.18 Å². The van der Waals surface area contributed by atoms with Gasteiger partial charge >= 0.3 is 0 Å². The predicted octanol–water partition coefficient (Wildman–Crippen LogP) is 3.97. The lowest BCUT2D eigenvalue weighted by atomic mass is 10.1. The summed E-state index contributed by atoms with van der Waals surface area (Å²) in [6.07, 6.45) is 0. The van der Waals surface area contributed by atoms with Crippen LogP contribution in [0.4, 0.5) is 15.8 Å². The first-order valence-corrected chi connectivity index (χ1v) is 6.05. The molecular weight excluding hydrogens is 290 g/mol. The van der Waals surface area contributed by atoms with E-state index in [2.05, 4.69) is 5.32 Å². The number of anilines is 2. The maximum Gasteiger partial charge on any atom is 0.257 e. The Hall–Kier alpha value is -1.78. The van der Waals surface area contributed by atoms with Crippen LogP contribution in [-0.2, 0) is 0 Å². The van der Waals surface area contributed by atoms with Crippen LogP contribution in [-0.4, -0.2) is 5.91 Å². The van der Waals surface area contributed by atoms with Crippen LogP contribution in [0.15, 0.2) is 36.4 Å². The van der Waals surface area contributed by atoms with Gasteiger partial charge in [-0.15, -0.1) is 0 Å². The lowest BCUT2D eigenvalue weighted by Crippen LogP contribution is -2.14. The first-order chi connectivity index (χ1) is 8.99. The summed E-state index contributed by atoms with van der Waals surface area (Å²) in [6.45, 7) is 0. The average molecular weight is 299 g/mol. The smallest absolute Gasteiger partial charge is 0.257 e. The molecule has 0 radical (unpaired) electrons. The molecule has 1 amide bonds. The minimum Gasteiger partial charge on any atom is -0.397 e. The zero-order chi connectivity index (χ0) is 14.0. The van der Waals surface area contributed by atoms with Gasteiger partial charge in [-0.1, -0.05) is 29.3 Å². The van der Waals surface area contributed by atoms with Crippen LogP contribution in [0.1, 0.15) is 10.4 Å². The molecule has 2 rings (SSSR count). The van der Waals surface area contributed by atoms with Crippen LogP contribution in [0.5, 0.6) is 0 Å². The molecule has 3 N–H and O–H groups in total. The molecule has 0 aliphatic carbocycles. The van der Waals surface area contributed by atoms with Gasteiger partial charge in [0, 0.05) is 5.69 Å². The van der Waals surface area contributed by atoms with E-state index in [0.29, 0.717) is 0 Å². The minimum atomic E-state index is -0.612. The quantitative estimate of drug-likeness (QED) is 0.824. The SMILES string of the molecule is Nc1c(Cl)cccc1C(=O)Nc1ccc(Cl)c(F)c1. The molecule has 0 saturated heterocycles. The molecule has 0 spiro atoms. The second-order valence-electron chi connectivity index (χ2n) is 3.78. The number of benzene rings is 2. The average Bonchev–Trinajstić information content (AvgIpc) is 2.37. The van der Waals surface area contributed by atoms with Crippen molar-refractivity contribution in [3.8, 4) is 0 Å². The number of nitrogens with two attached hydrogens (primary N) is 1. The van der Waals surface area contributed by atoms with Gasteiger partial charge in [0.15, 0.2) is 0 Å². The Balaban J connectivity index is 2.26. The Morgan fingerprint density at radius 3 is 2.58 bits per heavy atom. The van der Waals surface area contributed by atoms with Gasteiger partial charge in [0.25, 0.3) is 5.91 Å². The van der Waals surface area contributed by atoms with Crippen molar-refractivity contribution in [2.45, 2.75) is 0 Å². The Morgan fingerprint density at radius 1 is 1.16 bits per heavy atom. The largest absolute Gasteiger partial charge is 0.397 e. The van der Waals surface area contributed by atoms with E-state index < -0.39 is 11.7 Å². The zero-order valence-corrected chi connectivity index (χ0v) is 11.1. The highest BCUT2D eigenvalue weighted by atomic mass is 35.5. The number of carbonyl (C=O) groups is 1. The molecule has 0 saturated carbocycles. The number of hydrogen-bond donors (Lipinski definition) is 2. The third kappa shape index (κ3) is 2.97. The fraction of sp³-hybridized carbons (Fsp3) is 0. The number of para-hydroxylation sites is 1. The third-order valence-corrected chi connectivity index (χ3v) is 3.11. The summed E-state index contributed by atoms with van der Waals surface area (Å²) >= 11 is 11.4. The van der Waals surface area contributed by atoms with Gasteiger partial charge in [-0.25, -0.2) is 4.39 Å². The normalized spacial score (nSPS) is 10.3. The predicted molar refractivity (Wildman–Crippen MR) is 75.2 cm³/mol. The molecule has 98 valence electrons. The maximum absolute atomic E-state index is 13.2. The first-order valence-electron chi connectivity index (χ1n) is 5.29. The number of amides is 1. The van der Waals surface area contributed by atoms with Gasteiger partial charge in [-0.3, -0.25) is 4.79 Å². The lowest BCUT2D eigenvalue weighted by Gasteiger charge is -2.08. The van der Waals surface area contributed by atoms with Crippen molar-refractivity contribution < 1.29 is 9.18 Å². The highest BCUT2D eigenvalue weighted by molar-refractivity contribution is 6.34. The molecule has 2 aromatic carbocycles. The zero-order valence-electron chi connectivity index (χ0n) is 9.58. The van der Waals surface area contributed by atoms with Gasteiger partial charge in [-0.2, -0.15) is 0 Å². The second-order valence-corrected chi connectivity index (χ2v) is 4.60. The molecule has 0 aromatic heterocycles. The fourth-order valence-electron chi connectivity index (χ4n) is 1.51. The number of nitrogen functional groups attached to an aromatic ring is 1. The molecule has 0 unspecified atom stereocenters. The molecule has 19 heavy (non-hydrogen) atoms. The first kappa shape index (κ1) is 13.6. The molecule has 0 fully saturated rings. The minimum absolute atomic E-state index is 0.0136. The Labute approximate surface area is 119 Å². The molecule has 0 aliphatic heterocycles. The molecule has 0 atom stereocenters. The van der Waals surface area contributed by atoms with Crippen LogP contribution >= 0.6 is 23.2 Å². The van der Waals surface area contributed by atoms with E-state index in [4.69, 9.17) is 28.9 Å². The van der Waals surface area contributed by atoms with Crippen LogP contribution in [0, 0.1) is 5.82 Å². The van der Waals surface area contributed by atoms with Crippen LogP contribution < -0.4 is 11.1 Å². The summed E-state index contributed by atoms with van der Waals surface area (Å²) in [4.78, 5) is 12.0. The molecule has 0 heterocycles. The highest BCUT2D eigenvalue weighted by Crippen LogP contribution is 2.24. The topological polar surface area (TPSA) is 55.1 Å². The van der Waals surface area contributed by atoms with E-state index in [1.165, 1.54) is 18.2 Å². The Kier molecular flexibility index (Phi) is 3.93. The number of halogens is 3. The lowest BCUT2D eigenvalue weighted by molar-refractivity contribution is 0.102. The molecule has 0 aliphatic rings. The summed E-state index contributed by atoms with van der Waals surface area (Å²) in [5.74, 6) is -1.08. The summed E-state index contributed by atoms with van der Waals surface area (Å²) in [5, 5.41) is 2.79. The summed E-state index contributed by atoms with van der Waals surface area (Å²) in [7, 11) is 0. The van der Waals surface area contributed by atoms with Crippen molar-refractivity contribution in [1.29, 1.82) is 0 Å². The third-order valence-electron chi connectivity index (χ3n) is 2.48. The number of rotatable bonds is 2. The van der Waals surface area contributed by atoms with Gasteiger partial charge < -0.3 is 11.1 Å². The fourth-order valence-corrected chi connectivity index (χ4v) is 1.80. The summed E-state index contributed by atoms with van der Waals surface area (Å²) in [5.41, 5.74) is 6.39. The van der Waals surface area contributed by atoms with Crippen molar-refractivity contribution >= 4 is 40.5 Å². The van der Waals surface area contributed by atoms with E-state index in [1.807, 2.05) is 0 Å². The highest BCUT2D eigenvalue weighted by Gasteiger charge is 2.12. The second kappa shape index (κ2) is 5.47. The molecule has 6 heteroatoms. The van der Waals surface area contributed by atoms with Crippen molar-refractivity contribution in [2.75, 3.05) is 11.1 Å². The number of nitrogens with one attached hydrogen (secondary N) is 1. The van der Waals surface area contributed by atoms with E-state index in [0.717, 1.165) is 6.07 Å². The summed E-state index contributed by atoms with van der Waals surface area (Å²) < 4.78 is 13.2. The molecule has 0 bridgehead atoms. The molecule has 3 nitrogen and oxygen atoms in total. The van der Waals surface area contributed by atoms with Crippen molar-refractivity contribution in [2.24, 2.45) is 0 Å². The molecular formula is C13H9Cl2FN2O. The van der Waals surface area contributed by atoms with Crippen molar-refractivity contribution in [1.82, 2.24) is 0 Å². The number of hydrogen-bond acceptors (Lipinski definition) is 2. The van der Waals surface area contributed by atoms with E-state index >= 15 is 0 Å². The summed E-state index contributed by atoms with van der Waals surface area (Å²) in [6, 6.07) is 8.69. The standard InChI is InChI=1S/C13H9Cl2FN2O/c14-9-5-4-7(6-11(9)16)18-13(19)8-2-1-3-10(15)12(8)17/h1-6H,17H2,(H,18,19). The van der Waals surface area contributed by atoms with Crippen molar-refractivity contribution in [3.05, 3.63) is 57.8 Å². The van der Waals surface area contributed by atoms with E-state index in [-0.39, 0.29) is 27.0 Å². The monoisotopic (exact) mass is 298 g/mol. The maximum atomic E-state index is 13.2. The van der Waals surface area contributed by atoms with Gasteiger partial charge in [0.2, 0.25) is 0 Å².